The number of nitrogens with zero attached hydrogens (tertiary/aromatic N) is 1. The summed E-state index contributed by atoms with van der Waals surface area (Å²) in [6.07, 6.45) is 5.73. The summed E-state index contributed by atoms with van der Waals surface area (Å²) in [7, 11) is -2.08. The van der Waals surface area contributed by atoms with E-state index in [1.807, 2.05) is 19.3 Å². The van der Waals surface area contributed by atoms with Gasteiger partial charge in [0.2, 0.25) is 0 Å². The van der Waals surface area contributed by atoms with Gasteiger partial charge in [0.05, 0.1) is 25.2 Å². The van der Waals surface area contributed by atoms with Gasteiger partial charge in [0, 0.05) is 16.6 Å². The minimum absolute atomic E-state index is 0.0131. The zero-order chi connectivity index (χ0) is 22.8. The molecule has 0 amide bonds. The van der Waals surface area contributed by atoms with Gasteiger partial charge in [-0.15, -0.1) is 11.8 Å². The lowest BCUT2D eigenvalue weighted by Gasteiger charge is -2.39. The molecule has 0 aromatic heterocycles. The number of ether oxygens (including phenoxy) is 1. The largest absolute Gasteiger partial charge is 0.466 e. The third-order valence-electron chi connectivity index (χ3n) is 4.97. The van der Waals surface area contributed by atoms with Crippen LogP contribution in [0.5, 0.6) is 0 Å². The summed E-state index contributed by atoms with van der Waals surface area (Å²) in [6, 6.07) is 8.40. The SMILES string of the molecule is CCOC(=O)C[C@H]([CH][CH][CH][C@H](CC#N)Sc1ccc(F)cc1)O[Si](C)(C)C(C)(C)C. The van der Waals surface area contributed by atoms with Gasteiger partial charge in [0.15, 0.2) is 8.32 Å². The quantitative estimate of drug-likeness (QED) is 0.217. The van der Waals surface area contributed by atoms with Crippen LogP contribution < -0.4 is 0 Å². The van der Waals surface area contributed by atoms with E-state index >= 15 is 0 Å². The highest BCUT2D eigenvalue weighted by molar-refractivity contribution is 8.00. The second kappa shape index (κ2) is 12.5. The third kappa shape index (κ3) is 9.63. The van der Waals surface area contributed by atoms with Crippen LogP contribution in [0.25, 0.3) is 0 Å². The predicted octanol–water partition coefficient (Wildman–Crippen LogP) is 6.16. The molecule has 30 heavy (non-hydrogen) atoms. The van der Waals surface area contributed by atoms with Gasteiger partial charge in [0.25, 0.3) is 0 Å². The van der Waals surface area contributed by atoms with Gasteiger partial charge < -0.3 is 9.16 Å². The Hall–Kier alpha value is -1.36. The first-order valence-corrected chi connectivity index (χ1v) is 13.9. The molecule has 0 saturated carbocycles. The molecule has 0 aliphatic carbocycles. The Balaban J connectivity index is 2.73. The minimum Gasteiger partial charge on any atom is -0.466 e. The first-order valence-electron chi connectivity index (χ1n) is 10.1. The average Bonchev–Trinajstić information content (AvgIpc) is 2.62. The molecule has 4 nitrogen and oxygen atoms in total. The van der Waals surface area contributed by atoms with E-state index in [1.54, 1.807) is 19.1 Å². The van der Waals surface area contributed by atoms with Crippen molar-refractivity contribution >= 4 is 26.0 Å². The van der Waals surface area contributed by atoms with E-state index in [2.05, 4.69) is 39.9 Å². The molecule has 0 unspecified atom stereocenters. The molecule has 0 heterocycles. The molecular formula is C23H33FNO3SSi. The highest BCUT2D eigenvalue weighted by atomic mass is 32.2. The molecule has 1 aromatic rings. The number of thioether (sulfide) groups is 1. The van der Waals surface area contributed by atoms with Gasteiger partial charge in [-0.25, -0.2) is 4.39 Å². The standard InChI is InChI=1S/C23H33FNO3SSi/c1-7-27-22(26)17-19(28-30(5,6)23(2,3)4)9-8-10-20(15-16-25)29-21-13-11-18(24)12-14-21/h8-14,19-20H,7,15,17H2,1-6H3/t19-,20+/m0/s1. The summed E-state index contributed by atoms with van der Waals surface area (Å²) in [5.74, 6) is -0.579. The fourth-order valence-corrected chi connectivity index (χ4v) is 4.57. The maximum Gasteiger partial charge on any atom is 0.308 e. The highest BCUT2D eigenvalue weighted by Crippen LogP contribution is 2.38. The van der Waals surface area contributed by atoms with Crippen LogP contribution in [0.15, 0.2) is 29.2 Å². The second-order valence-corrected chi connectivity index (χ2v) is 14.5. The van der Waals surface area contributed by atoms with Crippen LogP contribution in [0.2, 0.25) is 18.1 Å². The lowest BCUT2D eigenvalue weighted by molar-refractivity contribution is -0.144. The van der Waals surface area contributed by atoms with Gasteiger partial charge in [-0.3, -0.25) is 4.79 Å². The molecule has 0 N–H and O–H groups in total. The number of hydrogen-bond donors (Lipinski definition) is 0. The number of halogens is 1. The van der Waals surface area contributed by atoms with Crippen molar-refractivity contribution in [2.24, 2.45) is 0 Å². The molecule has 0 aliphatic rings. The second-order valence-electron chi connectivity index (χ2n) is 8.48. The Kier molecular flexibility index (Phi) is 11.1. The molecule has 0 aliphatic heterocycles. The molecule has 165 valence electrons. The molecule has 1 rings (SSSR count). The zero-order valence-electron chi connectivity index (χ0n) is 18.8. The number of esters is 1. The van der Waals surface area contributed by atoms with E-state index in [-0.39, 0.29) is 34.6 Å². The molecule has 7 heteroatoms. The lowest BCUT2D eigenvalue weighted by atomic mass is 10.1. The minimum atomic E-state index is -2.08. The molecule has 0 fully saturated rings. The number of benzene rings is 1. The molecule has 3 radical (unpaired) electrons. The van der Waals surface area contributed by atoms with E-state index in [9.17, 15) is 9.18 Å². The van der Waals surface area contributed by atoms with Gasteiger partial charge in [0.1, 0.15) is 5.82 Å². The predicted molar refractivity (Wildman–Crippen MR) is 122 cm³/mol. The van der Waals surface area contributed by atoms with Crippen LogP contribution in [0.4, 0.5) is 4.39 Å². The van der Waals surface area contributed by atoms with Crippen molar-refractivity contribution in [1.29, 1.82) is 5.26 Å². The van der Waals surface area contributed by atoms with Crippen molar-refractivity contribution in [3.8, 4) is 6.07 Å². The molecule has 0 saturated heterocycles. The van der Waals surface area contributed by atoms with E-state index < -0.39 is 8.32 Å². The Morgan fingerprint density at radius 2 is 1.90 bits per heavy atom. The number of carbonyl (C=O) groups excluding carboxylic acids is 1. The van der Waals surface area contributed by atoms with Crippen LogP contribution in [-0.4, -0.2) is 32.2 Å². The first kappa shape index (κ1) is 26.7. The summed E-state index contributed by atoms with van der Waals surface area (Å²) >= 11 is 1.49. The van der Waals surface area contributed by atoms with Crippen LogP contribution in [-0.2, 0) is 14.0 Å². The Morgan fingerprint density at radius 1 is 1.27 bits per heavy atom. The van der Waals surface area contributed by atoms with Crippen molar-refractivity contribution in [1.82, 2.24) is 0 Å². The maximum absolute atomic E-state index is 13.1. The van der Waals surface area contributed by atoms with Crippen molar-refractivity contribution < 1.29 is 18.3 Å². The Labute approximate surface area is 186 Å². The Morgan fingerprint density at radius 3 is 2.43 bits per heavy atom. The van der Waals surface area contributed by atoms with Crippen LogP contribution >= 0.6 is 11.8 Å². The summed E-state index contributed by atoms with van der Waals surface area (Å²) < 4.78 is 24.6. The molecule has 0 spiro atoms. The van der Waals surface area contributed by atoms with Crippen molar-refractivity contribution in [2.75, 3.05) is 6.61 Å². The van der Waals surface area contributed by atoms with Crippen molar-refractivity contribution in [2.45, 2.75) is 74.9 Å². The summed E-state index contributed by atoms with van der Waals surface area (Å²) in [5.41, 5.74) is 0. The van der Waals surface area contributed by atoms with Crippen molar-refractivity contribution in [3.63, 3.8) is 0 Å². The average molecular weight is 451 g/mol. The monoisotopic (exact) mass is 450 g/mol. The normalized spacial score (nSPS) is 14.1. The number of rotatable bonds is 12. The molecule has 2 atom stereocenters. The van der Waals surface area contributed by atoms with E-state index in [1.165, 1.54) is 23.9 Å². The summed E-state index contributed by atoms with van der Waals surface area (Å²) in [5, 5.41) is 9.06. The van der Waals surface area contributed by atoms with Gasteiger partial charge >= 0.3 is 5.97 Å². The summed E-state index contributed by atoms with van der Waals surface area (Å²) in [4.78, 5) is 12.9. The van der Waals surface area contributed by atoms with Gasteiger partial charge in [-0.1, -0.05) is 20.8 Å². The zero-order valence-corrected chi connectivity index (χ0v) is 20.6. The molecule has 1 aromatic carbocycles. The third-order valence-corrected chi connectivity index (χ3v) is 10.6. The van der Waals surface area contributed by atoms with Crippen LogP contribution in [0.3, 0.4) is 0 Å². The maximum atomic E-state index is 13.1. The molecule has 0 bridgehead atoms. The smallest absolute Gasteiger partial charge is 0.308 e. The van der Waals surface area contributed by atoms with E-state index in [0.717, 1.165) is 4.90 Å². The summed E-state index contributed by atoms with van der Waals surface area (Å²) in [6.45, 7) is 12.9. The fraction of sp³-hybridized carbons (Fsp3) is 0.522. The number of hydrogen-bond acceptors (Lipinski definition) is 5. The first-order chi connectivity index (χ1) is 14.0. The van der Waals surface area contributed by atoms with E-state index in [0.29, 0.717) is 13.0 Å². The van der Waals surface area contributed by atoms with Crippen molar-refractivity contribution in [3.05, 3.63) is 49.3 Å². The molecular weight excluding hydrogens is 417 g/mol. The highest BCUT2D eigenvalue weighted by Gasteiger charge is 2.39. The van der Waals surface area contributed by atoms with Crippen LogP contribution in [0, 0.1) is 36.4 Å². The number of carbonyl (C=O) groups is 1. The topological polar surface area (TPSA) is 59.3 Å². The van der Waals surface area contributed by atoms with Crippen LogP contribution in [0.1, 0.15) is 40.5 Å². The Bertz CT molecular complexity index is 698. The van der Waals surface area contributed by atoms with Gasteiger partial charge in [-0.05, 0) is 68.6 Å². The van der Waals surface area contributed by atoms with Gasteiger partial charge in [-0.2, -0.15) is 5.26 Å². The number of nitriles is 1. The lowest BCUT2D eigenvalue weighted by Crippen LogP contribution is -2.44. The fourth-order valence-electron chi connectivity index (χ4n) is 2.33. The van der Waals surface area contributed by atoms with E-state index in [4.69, 9.17) is 14.4 Å².